The number of aryl methyl sites for hydroxylation is 1. The number of aromatic hydroxyl groups is 1. The molecule has 1 aliphatic heterocycles. The summed E-state index contributed by atoms with van der Waals surface area (Å²) in [5.41, 5.74) is 4.69. The van der Waals surface area contributed by atoms with Crippen molar-refractivity contribution in [1.29, 1.82) is 0 Å². The van der Waals surface area contributed by atoms with Crippen molar-refractivity contribution in [2.45, 2.75) is 84.5 Å². The number of amides is 1. The summed E-state index contributed by atoms with van der Waals surface area (Å²) < 4.78 is 0. The van der Waals surface area contributed by atoms with E-state index in [2.05, 4.69) is 4.99 Å². The molecule has 8 atom stereocenters. The Hall–Kier alpha value is -2.88. The van der Waals surface area contributed by atoms with Crippen LogP contribution in [-0.4, -0.2) is 61.9 Å². The third-order valence-corrected chi connectivity index (χ3v) is 10.6. The number of phenols is 1. The first-order valence-electron chi connectivity index (χ1n) is 14.1. The number of benzene rings is 1. The molecule has 1 heterocycles. The summed E-state index contributed by atoms with van der Waals surface area (Å²) in [5, 5.41) is 46.1. The van der Waals surface area contributed by atoms with Crippen LogP contribution in [0, 0.1) is 34.5 Å². The van der Waals surface area contributed by atoms with Gasteiger partial charge in [-0.2, -0.15) is 0 Å². The molecule has 1 aromatic rings. The van der Waals surface area contributed by atoms with Gasteiger partial charge in [0, 0.05) is 23.7 Å². The van der Waals surface area contributed by atoms with E-state index in [0.717, 1.165) is 24.1 Å². The van der Waals surface area contributed by atoms with E-state index < -0.39 is 63.9 Å². The van der Waals surface area contributed by atoms with Gasteiger partial charge in [-0.25, -0.2) is 0 Å². The monoisotopic (exact) mass is 552 g/mol. The number of aliphatic hydroxyl groups is 3. The van der Waals surface area contributed by atoms with E-state index in [9.17, 15) is 34.8 Å². The number of primary amides is 1. The van der Waals surface area contributed by atoms with Crippen LogP contribution >= 0.6 is 0 Å². The van der Waals surface area contributed by atoms with Crippen LogP contribution in [0.15, 0.2) is 28.4 Å². The average molecular weight is 553 g/mol. The summed E-state index contributed by atoms with van der Waals surface area (Å²) in [6.45, 7) is 9.16. The van der Waals surface area contributed by atoms with E-state index >= 15 is 0 Å². The first-order chi connectivity index (χ1) is 18.6. The molecule has 0 radical (unpaired) electrons. The Morgan fingerprint density at radius 2 is 1.85 bits per heavy atom. The fraction of sp³-hybridized carbons (Fsp3) is 0.613. The topological polar surface area (TPSA) is 171 Å². The van der Waals surface area contributed by atoms with Crippen molar-refractivity contribution < 1.29 is 34.8 Å². The van der Waals surface area contributed by atoms with Crippen LogP contribution in [0.4, 0.5) is 0 Å². The third-order valence-electron chi connectivity index (χ3n) is 10.6. The van der Waals surface area contributed by atoms with Crippen molar-refractivity contribution >= 4 is 23.7 Å². The van der Waals surface area contributed by atoms with Gasteiger partial charge in [0.2, 0.25) is 5.91 Å². The summed E-state index contributed by atoms with van der Waals surface area (Å²) in [4.78, 5) is 44.6. The van der Waals surface area contributed by atoms with Gasteiger partial charge in [0.05, 0.1) is 17.6 Å². The smallest absolute Gasteiger partial charge is 0.230 e. The molecule has 0 bridgehead atoms. The molecule has 0 saturated heterocycles. The van der Waals surface area contributed by atoms with Gasteiger partial charge >= 0.3 is 0 Å². The summed E-state index contributed by atoms with van der Waals surface area (Å²) in [5.74, 6) is -6.87. The molecule has 3 aliphatic carbocycles. The molecule has 2 unspecified atom stereocenters. The number of aliphatic imine (C=N–C) groups is 1. The maximum atomic E-state index is 14.2. The predicted octanol–water partition coefficient (Wildman–Crippen LogP) is 2.25. The van der Waals surface area contributed by atoms with Crippen molar-refractivity contribution in [2.75, 3.05) is 0 Å². The number of nitrogens with zero attached hydrogens (tertiary/aromatic N) is 1. The number of carbonyl (C=O) groups is 3. The number of rotatable bonds is 5. The van der Waals surface area contributed by atoms with Crippen LogP contribution < -0.4 is 5.73 Å². The number of fused-ring (bicyclic) bond motifs is 3. The fourth-order valence-electron chi connectivity index (χ4n) is 8.93. The van der Waals surface area contributed by atoms with Gasteiger partial charge < -0.3 is 26.2 Å². The molecule has 9 nitrogen and oxygen atoms in total. The standard InChI is InChI=1S/C31H40N2O7/c1-14(2)22-25(36)21(28(32)39)26(37)31(40)27(38)23-24(35)20-18(12-29(23,4)13-30(22,31)5)17(8-9-19(20)34)7-6-16-10-11-33-15(16)3/h8-9,11,14,21-23,25,27,34,36,38,40H,6-7,10,12-13H2,1-5H3,(H2,32,39)/t21-,22+,23-,25?,27?,29-,30-,31+/m1/s1. The maximum Gasteiger partial charge on any atom is 0.230 e. The normalized spacial score (nSPS) is 38.9. The lowest BCUT2D eigenvalue weighted by Gasteiger charge is -2.66. The molecule has 1 amide bonds. The first-order valence-corrected chi connectivity index (χ1v) is 14.1. The number of allylic oxidation sites excluding steroid dienone is 2. The minimum Gasteiger partial charge on any atom is -0.507 e. The highest BCUT2D eigenvalue weighted by Gasteiger charge is 2.75. The van der Waals surface area contributed by atoms with Gasteiger partial charge in [0.15, 0.2) is 17.2 Å². The van der Waals surface area contributed by atoms with Crippen LogP contribution in [0.5, 0.6) is 5.75 Å². The van der Waals surface area contributed by atoms with Crippen LogP contribution in [0.2, 0.25) is 0 Å². The quantitative estimate of drug-likeness (QED) is 0.349. The molecule has 2 saturated carbocycles. The maximum absolute atomic E-state index is 14.2. The second kappa shape index (κ2) is 9.33. The third kappa shape index (κ3) is 3.70. The first kappa shape index (κ1) is 28.6. The Morgan fingerprint density at radius 3 is 2.42 bits per heavy atom. The number of nitrogens with two attached hydrogens (primary N) is 1. The molecule has 1 aromatic carbocycles. The van der Waals surface area contributed by atoms with Gasteiger partial charge in [-0.15, -0.1) is 0 Å². The molecule has 2 fully saturated rings. The molecular formula is C31H40N2O7. The number of phenolic OH excluding ortho intramolecular Hbond substituents is 1. The number of hydrogen-bond acceptors (Lipinski definition) is 8. The van der Waals surface area contributed by atoms with E-state index in [0.29, 0.717) is 18.4 Å². The highest BCUT2D eigenvalue weighted by molar-refractivity contribution is 6.09. The summed E-state index contributed by atoms with van der Waals surface area (Å²) >= 11 is 0. The summed E-state index contributed by atoms with van der Waals surface area (Å²) in [6, 6.07) is 3.31. The van der Waals surface area contributed by atoms with Crippen LogP contribution in [0.1, 0.15) is 75.4 Å². The summed E-state index contributed by atoms with van der Waals surface area (Å²) in [7, 11) is 0. The predicted molar refractivity (Wildman–Crippen MR) is 148 cm³/mol. The average Bonchev–Trinajstić information content (AvgIpc) is 3.25. The van der Waals surface area contributed by atoms with E-state index in [1.54, 1.807) is 6.92 Å². The lowest BCUT2D eigenvalue weighted by atomic mass is 9.39. The molecule has 5 rings (SSSR count). The molecule has 0 aromatic heterocycles. The summed E-state index contributed by atoms with van der Waals surface area (Å²) in [6.07, 6.45) is 1.20. The molecule has 9 heteroatoms. The van der Waals surface area contributed by atoms with E-state index in [4.69, 9.17) is 5.73 Å². The van der Waals surface area contributed by atoms with Crippen molar-refractivity contribution in [3.05, 3.63) is 40.1 Å². The van der Waals surface area contributed by atoms with Crippen molar-refractivity contribution in [3.8, 4) is 5.75 Å². The van der Waals surface area contributed by atoms with Gasteiger partial charge in [-0.05, 0) is 72.6 Å². The van der Waals surface area contributed by atoms with Crippen molar-refractivity contribution in [3.63, 3.8) is 0 Å². The number of carbonyl (C=O) groups excluding carboxylic acids is 3. The van der Waals surface area contributed by atoms with E-state index in [1.165, 1.54) is 11.6 Å². The highest BCUT2D eigenvalue weighted by atomic mass is 16.4. The zero-order valence-corrected chi connectivity index (χ0v) is 23.8. The lowest BCUT2D eigenvalue weighted by Crippen LogP contribution is -2.79. The highest BCUT2D eigenvalue weighted by Crippen LogP contribution is 2.65. The van der Waals surface area contributed by atoms with E-state index in [-0.39, 0.29) is 23.7 Å². The number of aliphatic hydroxyl groups excluding tert-OH is 2. The van der Waals surface area contributed by atoms with Crippen LogP contribution in [0.25, 0.3) is 0 Å². The number of hydrogen-bond donors (Lipinski definition) is 5. The minimum absolute atomic E-state index is 0.106. The largest absolute Gasteiger partial charge is 0.507 e. The van der Waals surface area contributed by atoms with Crippen LogP contribution in [-0.2, 0) is 22.4 Å². The molecule has 0 spiro atoms. The van der Waals surface area contributed by atoms with Crippen molar-refractivity contribution in [2.24, 2.45) is 45.2 Å². The Labute approximate surface area is 234 Å². The Bertz CT molecular complexity index is 1370. The second-order valence-electron chi connectivity index (χ2n) is 13.3. The zero-order chi connectivity index (χ0) is 29.5. The molecule has 216 valence electrons. The SMILES string of the molecule is CC1=C(CCc2ccc(O)c3c2C[C@]2(C)C[C@]4(C)[C@@H](C(C)C)C(O)[C@@H](C(N)=O)C(=O)[C@]4(O)C(O)[C@H]2C3=O)CC=N1. The van der Waals surface area contributed by atoms with Gasteiger partial charge in [-0.1, -0.05) is 33.8 Å². The lowest BCUT2D eigenvalue weighted by molar-refractivity contribution is -0.265. The molecule has 40 heavy (non-hydrogen) atoms. The minimum atomic E-state index is -2.50. The second-order valence-corrected chi connectivity index (χ2v) is 13.3. The van der Waals surface area contributed by atoms with E-state index in [1.807, 2.05) is 40.0 Å². The van der Waals surface area contributed by atoms with Gasteiger partial charge in [-0.3, -0.25) is 19.4 Å². The molecular weight excluding hydrogens is 512 g/mol. The van der Waals surface area contributed by atoms with Crippen LogP contribution in [0.3, 0.4) is 0 Å². The number of Topliss-reactive ketones (excluding diaryl/α,β-unsaturated/α-hetero) is 2. The Kier molecular flexibility index (Phi) is 6.68. The zero-order valence-electron chi connectivity index (χ0n) is 23.8. The van der Waals surface area contributed by atoms with Gasteiger partial charge in [0.25, 0.3) is 0 Å². The van der Waals surface area contributed by atoms with Crippen molar-refractivity contribution in [1.82, 2.24) is 0 Å². The molecule has 6 N–H and O–H groups in total. The number of ketones is 2. The Balaban J connectivity index is 1.63. The van der Waals surface area contributed by atoms with Gasteiger partial charge in [0.1, 0.15) is 17.8 Å². The Morgan fingerprint density at radius 1 is 1.18 bits per heavy atom. The fourth-order valence-corrected chi connectivity index (χ4v) is 8.93. The molecule has 4 aliphatic rings.